The smallest absolute Gasteiger partial charge is 0.0377 e. The van der Waals surface area contributed by atoms with Crippen LogP contribution in [0.25, 0.3) is 0 Å². The standard InChI is InChI=1S/C17H27BrN2/c1-12(2)8-19-9-15-5-6-16(7-17(15)18)20-10-13(3)14(4)11-20/h5-7,12-14,19H,8-11H2,1-4H3. The quantitative estimate of drug-likeness (QED) is 0.861. The number of benzene rings is 1. The molecule has 1 aliphatic rings. The highest BCUT2D eigenvalue weighted by molar-refractivity contribution is 9.10. The molecule has 0 bridgehead atoms. The number of rotatable bonds is 5. The number of hydrogen-bond donors (Lipinski definition) is 1. The van der Waals surface area contributed by atoms with E-state index in [9.17, 15) is 0 Å². The summed E-state index contributed by atoms with van der Waals surface area (Å²) in [5.74, 6) is 2.28. The van der Waals surface area contributed by atoms with Crippen LogP contribution in [0.3, 0.4) is 0 Å². The van der Waals surface area contributed by atoms with Crippen LogP contribution in [0.2, 0.25) is 0 Å². The molecule has 1 N–H and O–H groups in total. The lowest BCUT2D eigenvalue weighted by Gasteiger charge is -2.20. The monoisotopic (exact) mass is 338 g/mol. The highest BCUT2D eigenvalue weighted by Crippen LogP contribution is 2.30. The summed E-state index contributed by atoms with van der Waals surface area (Å²) in [5, 5.41) is 3.50. The van der Waals surface area contributed by atoms with Gasteiger partial charge >= 0.3 is 0 Å². The van der Waals surface area contributed by atoms with Crippen LogP contribution < -0.4 is 10.2 Å². The van der Waals surface area contributed by atoms with Gasteiger partial charge < -0.3 is 10.2 Å². The zero-order valence-corrected chi connectivity index (χ0v) is 14.7. The molecular formula is C17H27BrN2. The van der Waals surface area contributed by atoms with Gasteiger partial charge in [-0.25, -0.2) is 0 Å². The lowest BCUT2D eigenvalue weighted by Crippen LogP contribution is -2.21. The van der Waals surface area contributed by atoms with E-state index in [1.807, 2.05) is 0 Å². The predicted octanol–water partition coefficient (Wildman–Crippen LogP) is 4.29. The van der Waals surface area contributed by atoms with Crippen molar-refractivity contribution < 1.29 is 0 Å². The van der Waals surface area contributed by atoms with Gasteiger partial charge in [0, 0.05) is 29.8 Å². The van der Waals surface area contributed by atoms with Crippen molar-refractivity contribution in [3.05, 3.63) is 28.2 Å². The molecular weight excluding hydrogens is 312 g/mol. The van der Waals surface area contributed by atoms with Gasteiger partial charge in [-0.1, -0.05) is 49.7 Å². The zero-order valence-electron chi connectivity index (χ0n) is 13.1. The van der Waals surface area contributed by atoms with E-state index in [2.05, 4.69) is 72.0 Å². The Morgan fingerprint density at radius 1 is 1.25 bits per heavy atom. The maximum absolute atomic E-state index is 3.73. The van der Waals surface area contributed by atoms with Gasteiger partial charge in [-0.05, 0) is 42.0 Å². The first-order chi connectivity index (χ1) is 9.47. The Balaban J connectivity index is 1.99. The molecule has 0 amide bonds. The Hall–Kier alpha value is -0.540. The van der Waals surface area contributed by atoms with Crippen molar-refractivity contribution in [2.24, 2.45) is 17.8 Å². The lowest BCUT2D eigenvalue weighted by molar-refractivity contribution is 0.494. The first kappa shape index (κ1) is 15.8. The van der Waals surface area contributed by atoms with Crippen LogP contribution in [0.1, 0.15) is 33.3 Å². The second-order valence-corrected chi connectivity index (χ2v) is 7.51. The Kier molecular flexibility index (Phi) is 5.50. The van der Waals surface area contributed by atoms with Crippen LogP contribution in [-0.4, -0.2) is 19.6 Å². The van der Waals surface area contributed by atoms with Crippen molar-refractivity contribution in [1.82, 2.24) is 5.32 Å². The lowest BCUT2D eigenvalue weighted by atomic mass is 10.0. The fourth-order valence-electron chi connectivity index (χ4n) is 2.71. The molecule has 0 spiro atoms. The molecule has 0 saturated carbocycles. The Bertz CT molecular complexity index is 435. The molecule has 0 aliphatic carbocycles. The molecule has 0 radical (unpaired) electrons. The molecule has 1 aliphatic heterocycles. The molecule has 2 nitrogen and oxygen atoms in total. The molecule has 2 atom stereocenters. The van der Waals surface area contributed by atoms with Crippen molar-refractivity contribution >= 4 is 21.6 Å². The summed E-state index contributed by atoms with van der Waals surface area (Å²) in [7, 11) is 0. The summed E-state index contributed by atoms with van der Waals surface area (Å²) >= 11 is 3.73. The summed E-state index contributed by atoms with van der Waals surface area (Å²) < 4.78 is 1.22. The number of halogens is 1. The van der Waals surface area contributed by atoms with Gasteiger partial charge in [-0.2, -0.15) is 0 Å². The third kappa shape index (κ3) is 3.98. The minimum Gasteiger partial charge on any atom is -0.371 e. The fourth-order valence-corrected chi connectivity index (χ4v) is 3.22. The second-order valence-electron chi connectivity index (χ2n) is 6.66. The van der Waals surface area contributed by atoms with Gasteiger partial charge in [0.2, 0.25) is 0 Å². The fraction of sp³-hybridized carbons (Fsp3) is 0.647. The average Bonchev–Trinajstić information content (AvgIpc) is 2.71. The van der Waals surface area contributed by atoms with E-state index in [0.29, 0.717) is 5.92 Å². The van der Waals surface area contributed by atoms with Crippen LogP contribution in [0.15, 0.2) is 22.7 Å². The highest BCUT2D eigenvalue weighted by atomic mass is 79.9. The highest BCUT2D eigenvalue weighted by Gasteiger charge is 2.26. The van der Waals surface area contributed by atoms with Gasteiger partial charge in [-0.15, -0.1) is 0 Å². The van der Waals surface area contributed by atoms with Gasteiger partial charge in [0.15, 0.2) is 0 Å². The van der Waals surface area contributed by atoms with E-state index in [1.165, 1.54) is 28.8 Å². The third-order valence-electron chi connectivity index (χ3n) is 4.26. The SMILES string of the molecule is CC(C)CNCc1ccc(N2CC(C)C(C)C2)cc1Br. The zero-order chi connectivity index (χ0) is 14.7. The van der Waals surface area contributed by atoms with Crippen LogP contribution in [0, 0.1) is 17.8 Å². The molecule has 2 unspecified atom stereocenters. The Morgan fingerprint density at radius 3 is 2.45 bits per heavy atom. The summed E-state index contributed by atoms with van der Waals surface area (Å²) in [6.45, 7) is 13.5. The molecule has 2 rings (SSSR count). The number of anilines is 1. The third-order valence-corrected chi connectivity index (χ3v) is 5.00. The Labute approximate surface area is 132 Å². The molecule has 1 heterocycles. The van der Waals surface area contributed by atoms with Crippen molar-refractivity contribution in [3.8, 4) is 0 Å². The molecule has 0 aromatic heterocycles. The van der Waals surface area contributed by atoms with Crippen molar-refractivity contribution in [3.63, 3.8) is 0 Å². The van der Waals surface area contributed by atoms with Crippen LogP contribution in [0.5, 0.6) is 0 Å². The van der Waals surface area contributed by atoms with E-state index in [4.69, 9.17) is 0 Å². The summed E-state index contributed by atoms with van der Waals surface area (Å²) in [5.41, 5.74) is 2.69. The van der Waals surface area contributed by atoms with Crippen molar-refractivity contribution in [2.75, 3.05) is 24.5 Å². The topological polar surface area (TPSA) is 15.3 Å². The largest absolute Gasteiger partial charge is 0.371 e. The molecule has 20 heavy (non-hydrogen) atoms. The van der Waals surface area contributed by atoms with E-state index in [1.54, 1.807) is 0 Å². The van der Waals surface area contributed by atoms with Crippen LogP contribution >= 0.6 is 15.9 Å². The number of hydrogen-bond acceptors (Lipinski definition) is 2. The molecule has 1 aromatic rings. The first-order valence-electron chi connectivity index (χ1n) is 7.71. The van der Waals surface area contributed by atoms with E-state index < -0.39 is 0 Å². The molecule has 1 saturated heterocycles. The summed E-state index contributed by atoms with van der Waals surface area (Å²) in [6, 6.07) is 6.79. The summed E-state index contributed by atoms with van der Waals surface area (Å²) in [4.78, 5) is 2.51. The normalized spacial score (nSPS) is 22.8. The average molecular weight is 339 g/mol. The minimum atomic E-state index is 0.695. The number of nitrogens with zero attached hydrogens (tertiary/aromatic N) is 1. The van der Waals surface area contributed by atoms with Gasteiger partial charge in [0.05, 0.1) is 0 Å². The molecule has 112 valence electrons. The summed E-state index contributed by atoms with van der Waals surface area (Å²) in [6.07, 6.45) is 0. The van der Waals surface area contributed by atoms with Gasteiger partial charge in [-0.3, -0.25) is 0 Å². The van der Waals surface area contributed by atoms with Gasteiger partial charge in [0.25, 0.3) is 0 Å². The maximum Gasteiger partial charge on any atom is 0.0377 e. The van der Waals surface area contributed by atoms with Crippen molar-refractivity contribution in [2.45, 2.75) is 34.2 Å². The molecule has 1 fully saturated rings. The number of nitrogens with one attached hydrogen (secondary N) is 1. The molecule has 1 aromatic carbocycles. The van der Waals surface area contributed by atoms with Gasteiger partial charge in [0.1, 0.15) is 0 Å². The maximum atomic E-state index is 3.73. The van der Waals surface area contributed by atoms with E-state index in [0.717, 1.165) is 24.9 Å². The van der Waals surface area contributed by atoms with Crippen LogP contribution in [-0.2, 0) is 6.54 Å². The first-order valence-corrected chi connectivity index (χ1v) is 8.50. The van der Waals surface area contributed by atoms with Crippen LogP contribution in [0.4, 0.5) is 5.69 Å². The molecule has 3 heteroatoms. The van der Waals surface area contributed by atoms with E-state index in [-0.39, 0.29) is 0 Å². The van der Waals surface area contributed by atoms with Crippen molar-refractivity contribution in [1.29, 1.82) is 0 Å². The Morgan fingerprint density at radius 2 is 1.90 bits per heavy atom. The minimum absolute atomic E-state index is 0.695. The predicted molar refractivity (Wildman–Crippen MR) is 91.2 cm³/mol. The second kappa shape index (κ2) is 6.95. The van der Waals surface area contributed by atoms with E-state index >= 15 is 0 Å².